The Kier molecular flexibility index (Phi) is 6.73. The molecule has 2 amide bonds. The third kappa shape index (κ3) is 5.07. The second-order valence-corrected chi connectivity index (χ2v) is 5.32. The number of carbonyl (C=O) groups excluding carboxylic acids is 2. The van der Waals surface area contributed by atoms with Gasteiger partial charge in [0.2, 0.25) is 0 Å². The maximum Gasteiger partial charge on any atom is 0.329 e. The molecule has 2 N–H and O–H groups in total. The summed E-state index contributed by atoms with van der Waals surface area (Å²) in [5.41, 5.74) is 4.56. The molecule has 26 heavy (non-hydrogen) atoms. The van der Waals surface area contributed by atoms with Crippen molar-refractivity contribution >= 4 is 23.7 Å². The fourth-order valence-corrected chi connectivity index (χ4v) is 2.16. The Morgan fingerprint density at radius 3 is 2.31 bits per heavy atom. The molecule has 0 aromatic heterocycles. The van der Waals surface area contributed by atoms with E-state index < -0.39 is 11.8 Å². The molecule has 0 aliphatic rings. The molecule has 0 spiro atoms. The van der Waals surface area contributed by atoms with Crippen molar-refractivity contribution in [3.8, 4) is 11.5 Å². The van der Waals surface area contributed by atoms with E-state index in [2.05, 4.69) is 15.8 Å². The van der Waals surface area contributed by atoms with Gasteiger partial charge < -0.3 is 14.8 Å². The number of nitrogens with zero attached hydrogens (tertiary/aromatic N) is 1. The van der Waals surface area contributed by atoms with Crippen molar-refractivity contribution in [1.29, 1.82) is 0 Å². The van der Waals surface area contributed by atoms with Crippen LogP contribution in [-0.4, -0.2) is 32.2 Å². The summed E-state index contributed by atoms with van der Waals surface area (Å²) in [4.78, 5) is 23.7. The van der Waals surface area contributed by atoms with E-state index in [1.807, 2.05) is 19.1 Å². The van der Waals surface area contributed by atoms with Crippen molar-refractivity contribution < 1.29 is 19.1 Å². The highest BCUT2D eigenvalue weighted by molar-refractivity contribution is 6.39. The molecule has 0 saturated heterocycles. The van der Waals surface area contributed by atoms with Crippen LogP contribution in [-0.2, 0) is 16.0 Å². The van der Waals surface area contributed by atoms with Crippen molar-refractivity contribution in [1.82, 2.24) is 5.43 Å². The lowest BCUT2D eigenvalue weighted by atomic mass is 10.1. The van der Waals surface area contributed by atoms with Crippen LogP contribution in [0.1, 0.15) is 18.1 Å². The Morgan fingerprint density at radius 1 is 1.00 bits per heavy atom. The average molecular weight is 355 g/mol. The SMILES string of the molecule is CCc1ccc(NC(=O)C(=O)N/N=C/c2ccc(OC)c(OC)c2)cc1. The highest BCUT2D eigenvalue weighted by Crippen LogP contribution is 2.26. The molecule has 7 heteroatoms. The predicted octanol–water partition coefficient (Wildman–Crippen LogP) is 2.36. The number of carbonyl (C=O) groups is 2. The van der Waals surface area contributed by atoms with Gasteiger partial charge in [-0.15, -0.1) is 0 Å². The van der Waals surface area contributed by atoms with Gasteiger partial charge in [0.25, 0.3) is 0 Å². The third-order valence-corrected chi connectivity index (χ3v) is 3.61. The van der Waals surface area contributed by atoms with Crippen LogP contribution in [0.2, 0.25) is 0 Å². The number of rotatable bonds is 6. The number of aryl methyl sites for hydroxylation is 1. The fraction of sp³-hybridized carbons (Fsp3) is 0.211. The standard InChI is InChI=1S/C19H21N3O4/c1-4-13-5-8-15(9-6-13)21-18(23)19(24)22-20-12-14-7-10-16(25-2)17(11-14)26-3/h5-12H,4H2,1-3H3,(H,21,23)(H,22,24)/b20-12+. The van der Waals surface area contributed by atoms with Gasteiger partial charge in [0.05, 0.1) is 20.4 Å². The van der Waals surface area contributed by atoms with Gasteiger partial charge in [-0.25, -0.2) is 5.43 Å². The zero-order chi connectivity index (χ0) is 18.9. The van der Waals surface area contributed by atoms with E-state index in [1.165, 1.54) is 13.3 Å². The number of anilines is 1. The molecule has 0 atom stereocenters. The van der Waals surface area contributed by atoms with Crippen LogP contribution in [0.5, 0.6) is 11.5 Å². The van der Waals surface area contributed by atoms with Crippen LogP contribution in [0, 0.1) is 0 Å². The summed E-state index contributed by atoms with van der Waals surface area (Å²) in [5.74, 6) is -0.529. The number of ether oxygens (including phenoxy) is 2. The van der Waals surface area contributed by atoms with Crippen molar-refractivity contribution in [3.63, 3.8) is 0 Å². The summed E-state index contributed by atoms with van der Waals surface area (Å²) < 4.78 is 10.3. The summed E-state index contributed by atoms with van der Waals surface area (Å²) in [7, 11) is 3.07. The number of methoxy groups -OCH3 is 2. The molecule has 0 aliphatic carbocycles. The van der Waals surface area contributed by atoms with Crippen LogP contribution in [0.15, 0.2) is 47.6 Å². The van der Waals surface area contributed by atoms with Gasteiger partial charge in [0.15, 0.2) is 11.5 Å². The molecule has 0 fully saturated rings. The lowest BCUT2D eigenvalue weighted by Gasteiger charge is -2.07. The molecule has 0 radical (unpaired) electrons. The maximum absolute atomic E-state index is 11.9. The Morgan fingerprint density at radius 2 is 1.69 bits per heavy atom. The first-order chi connectivity index (χ1) is 12.6. The zero-order valence-electron chi connectivity index (χ0n) is 14.9. The van der Waals surface area contributed by atoms with Crippen molar-refractivity contribution in [2.45, 2.75) is 13.3 Å². The van der Waals surface area contributed by atoms with Gasteiger partial charge in [-0.2, -0.15) is 5.10 Å². The number of hydrazone groups is 1. The molecule has 0 unspecified atom stereocenters. The predicted molar refractivity (Wildman–Crippen MR) is 99.7 cm³/mol. The van der Waals surface area contributed by atoms with Crippen LogP contribution >= 0.6 is 0 Å². The minimum absolute atomic E-state index is 0.538. The normalized spacial score (nSPS) is 10.4. The Hall–Kier alpha value is -3.35. The molecule has 0 bridgehead atoms. The smallest absolute Gasteiger partial charge is 0.329 e. The van der Waals surface area contributed by atoms with Crippen LogP contribution in [0.3, 0.4) is 0 Å². The second kappa shape index (κ2) is 9.22. The van der Waals surface area contributed by atoms with E-state index in [4.69, 9.17) is 9.47 Å². The quantitative estimate of drug-likeness (QED) is 0.473. The molecule has 2 aromatic rings. The first-order valence-electron chi connectivity index (χ1n) is 8.02. The largest absolute Gasteiger partial charge is 0.493 e. The number of hydrogen-bond donors (Lipinski definition) is 2. The summed E-state index contributed by atoms with van der Waals surface area (Å²) in [5, 5.41) is 6.29. The van der Waals surface area contributed by atoms with Crippen LogP contribution in [0.25, 0.3) is 0 Å². The van der Waals surface area contributed by atoms with E-state index in [-0.39, 0.29) is 0 Å². The molecule has 7 nitrogen and oxygen atoms in total. The second-order valence-electron chi connectivity index (χ2n) is 5.32. The van der Waals surface area contributed by atoms with Gasteiger partial charge in [0.1, 0.15) is 0 Å². The van der Waals surface area contributed by atoms with Crippen LogP contribution in [0.4, 0.5) is 5.69 Å². The molecule has 0 heterocycles. The molecular formula is C19H21N3O4. The number of amides is 2. The number of benzene rings is 2. The molecule has 2 rings (SSSR count). The van der Waals surface area contributed by atoms with Crippen molar-refractivity contribution in [2.75, 3.05) is 19.5 Å². The average Bonchev–Trinajstić information content (AvgIpc) is 2.68. The monoisotopic (exact) mass is 355 g/mol. The molecular weight excluding hydrogens is 334 g/mol. The lowest BCUT2D eigenvalue weighted by molar-refractivity contribution is -0.136. The Bertz CT molecular complexity index is 801. The van der Waals surface area contributed by atoms with Crippen molar-refractivity contribution in [3.05, 3.63) is 53.6 Å². The minimum atomic E-state index is -0.860. The summed E-state index contributed by atoms with van der Waals surface area (Å²) >= 11 is 0. The summed E-state index contributed by atoms with van der Waals surface area (Å²) in [6.07, 6.45) is 2.31. The van der Waals surface area contributed by atoms with Gasteiger partial charge in [-0.1, -0.05) is 19.1 Å². The third-order valence-electron chi connectivity index (χ3n) is 3.61. The van der Waals surface area contributed by atoms with E-state index in [0.717, 1.165) is 12.0 Å². The van der Waals surface area contributed by atoms with Gasteiger partial charge in [0, 0.05) is 5.69 Å². The highest BCUT2D eigenvalue weighted by atomic mass is 16.5. The van der Waals surface area contributed by atoms with Gasteiger partial charge >= 0.3 is 11.8 Å². The maximum atomic E-state index is 11.9. The molecule has 0 aliphatic heterocycles. The van der Waals surface area contributed by atoms with E-state index in [1.54, 1.807) is 37.4 Å². The topological polar surface area (TPSA) is 89.0 Å². The first-order valence-corrected chi connectivity index (χ1v) is 8.02. The van der Waals surface area contributed by atoms with Gasteiger partial charge in [-0.05, 0) is 47.9 Å². The minimum Gasteiger partial charge on any atom is -0.493 e. The van der Waals surface area contributed by atoms with E-state index in [9.17, 15) is 9.59 Å². The van der Waals surface area contributed by atoms with E-state index >= 15 is 0 Å². The van der Waals surface area contributed by atoms with E-state index in [0.29, 0.717) is 22.7 Å². The highest BCUT2D eigenvalue weighted by Gasteiger charge is 2.12. The first kappa shape index (κ1) is 19.0. The zero-order valence-corrected chi connectivity index (χ0v) is 14.9. The fourth-order valence-electron chi connectivity index (χ4n) is 2.16. The lowest BCUT2D eigenvalue weighted by Crippen LogP contribution is -2.32. The number of nitrogens with one attached hydrogen (secondary N) is 2. The molecule has 0 saturated carbocycles. The molecule has 2 aromatic carbocycles. The molecule has 136 valence electrons. The van der Waals surface area contributed by atoms with Crippen LogP contribution < -0.4 is 20.2 Å². The van der Waals surface area contributed by atoms with Crippen molar-refractivity contribution in [2.24, 2.45) is 5.10 Å². The summed E-state index contributed by atoms with van der Waals surface area (Å²) in [6.45, 7) is 2.04. The summed E-state index contributed by atoms with van der Waals surface area (Å²) in [6, 6.07) is 12.4. The Labute approximate surface area is 152 Å². The number of hydrogen-bond acceptors (Lipinski definition) is 5. The Balaban J connectivity index is 1.92. The van der Waals surface area contributed by atoms with Gasteiger partial charge in [-0.3, -0.25) is 9.59 Å².